The van der Waals surface area contributed by atoms with Crippen LogP contribution >= 0.6 is 0 Å². The zero-order chi connectivity index (χ0) is 26.8. The van der Waals surface area contributed by atoms with E-state index in [1.165, 1.54) is 63.9 Å². The highest BCUT2D eigenvalue weighted by Gasteiger charge is 2.36. The number of rotatable bonds is 5. The minimum absolute atomic E-state index is 0.218. The molecule has 2 radical (unpaired) electrons. The third-order valence-corrected chi connectivity index (χ3v) is 7.08. The Morgan fingerprint density at radius 2 is 1.68 bits per heavy atom. The molecule has 3 heterocycles. The number of carbonyl (C=O) groups excluding carboxylic acids is 1. The lowest BCUT2D eigenvalue weighted by Gasteiger charge is -2.27. The number of nitrogens with zero attached hydrogens (tertiary/aromatic N) is 3. The Morgan fingerprint density at radius 1 is 1.05 bits per heavy atom. The van der Waals surface area contributed by atoms with E-state index in [0.717, 1.165) is 36.5 Å². The van der Waals surface area contributed by atoms with E-state index in [1.807, 2.05) is 19.2 Å². The first-order valence-electron chi connectivity index (χ1n) is 13.3. The van der Waals surface area contributed by atoms with Crippen molar-refractivity contribution in [2.24, 2.45) is 17.8 Å². The van der Waals surface area contributed by atoms with Gasteiger partial charge in [0.2, 0.25) is 0 Å². The molecular weight excluding hydrogens is 469 g/mol. The maximum Gasteiger partial charge on any atom is 0.254 e. The average Bonchev–Trinajstić information content (AvgIpc) is 3.48. The molecule has 0 bridgehead atoms. The van der Waals surface area contributed by atoms with Gasteiger partial charge in [-0.2, -0.15) is 0 Å². The van der Waals surface area contributed by atoms with Gasteiger partial charge in [0.1, 0.15) is 5.82 Å². The van der Waals surface area contributed by atoms with Gasteiger partial charge in [0, 0.05) is 44.0 Å². The summed E-state index contributed by atoms with van der Waals surface area (Å²) >= 11 is 0. The number of aliphatic hydroxyl groups is 2. The van der Waals surface area contributed by atoms with E-state index in [0.29, 0.717) is 11.5 Å². The van der Waals surface area contributed by atoms with Crippen molar-refractivity contribution in [3.05, 3.63) is 42.0 Å². The summed E-state index contributed by atoms with van der Waals surface area (Å²) in [5.41, 5.74) is 7.00. The normalized spacial score (nSPS) is 21.7. The number of nitrogens with two attached hydrogens (primary N) is 1. The SMILES string of the molecule is C1CC2CN(CC3CCOCC3)CC2C1.CC.[B]C(O)(O)NC(=O)c1ccc(-c2ccc(N)nn2)cc1. The van der Waals surface area contributed by atoms with Crippen molar-refractivity contribution in [1.82, 2.24) is 20.4 Å². The lowest BCUT2D eigenvalue weighted by molar-refractivity contribution is -0.102. The Kier molecular flexibility index (Phi) is 10.9. The maximum absolute atomic E-state index is 11.6. The molecule has 10 heteroatoms. The highest BCUT2D eigenvalue weighted by Crippen LogP contribution is 2.38. The molecule has 3 fully saturated rings. The fourth-order valence-electron chi connectivity index (χ4n) is 5.30. The van der Waals surface area contributed by atoms with Crippen molar-refractivity contribution in [3.8, 4) is 11.3 Å². The number of nitrogen functional groups attached to an aromatic ring is 1. The Labute approximate surface area is 221 Å². The number of hydrogen-bond acceptors (Lipinski definition) is 8. The van der Waals surface area contributed by atoms with Crippen LogP contribution < -0.4 is 11.1 Å². The van der Waals surface area contributed by atoms with Crippen LogP contribution in [0.15, 0.2) is 36.4 Å². The van der Waals surface area contributed by atoms with Crippen molar-refractivity contribution in [2.75, 3.05) is 38.6 Å². The average molecular weight is 509 g/mol. The van der Waals surface area contributed by atoms with Crippen molar-refractivity contribution in [2.45, 2.75) is 51.8 Å². The minimum Gasteiger partial charge on any atom is -0.382 e. The lowest BCUT2D eigenvalue weighted by atomic mass is 10.00. The summed E-state index contributed by atoms with van der Waals surface area (Å²) < 4.78 is 5.42. The molecule has 1 aromatic carbocycles. The van der Waals surface area contributed by atoms with Crippen molar-refractivity contribution in [3.63, 3.8) is 0 Å². The van der Waals surface area contributed by atoms with Gasteiger partial charge in [-0.3, -0.25) is 4.79 Å². The van der Waals surface area contributed by atoms with Gasteiger partial charge in [-0.1, -0.05) is 32.4 Å². The van der Waals surface area contributed by atoms with E-state index in [4.69, 9.17) is 28.5 Å². The van der Waals surface area contributed by atoms with Crippen LogP contribution in [0.1, 0.15) is 56.3 Å². The highest BCUT2D eigenvalue weighted by atomic mass is 16.5. The fourth-order valence-corrected chi connectivity index (χ4v) is 5.30. The second-order valence-corrected chi connectivity index (χ2v) is 9.83. The molecule has 2 aromatic rings. The summed E-state index contributed by atoms with van der Waals surface area (Å²) in [6.45, 7) is 10.2. The number of aromatic nitrogens is 2. The molecule has 1 amide bonds. The summed E-state index contributed by atoms with van der Waals surface area (Å²) in [6, 6.07) is 9.58. The van der Waals surface area contributed by atoms with E-state index >= 15 is 0 Å². The van der Waals surface area contributed by atoms with E-state index < -0.39 is 11.7 Å². The number of carbonyl (C=O) groups is 1. The molecule has 2 unspecified atom stereocenters. The zero-order valence-corrected chi connectivity index (χ0v) is 22.0. The first-order valence-corrected chi connectivity index (χ1v) is 13.3. The van der Waals surface area contributed by atoms with Gasteiger partial charge in [-0.25, -0.2) is 0 Å². The zero-order valence-electron chi connectivity index (χ0n) is 22.0. The monoisotopic (exact) mass is 509 g/mol. The second kappa shape index (κ2) is 13.9. The van der Waals surface area contributed by atoms with Crippen molar-refractivity contribution < 1.29 is 19.7 Å². The van der Waals surface area contributed by atoms with Crippen LogP contribution in [0.4, 0.5) is 5.82 Å². The van der Waals surface area contributed by atoms with Gasteiger partial charge >= 0.3 is 0 Å². The van der Waals surface area contributed by atoms with Gasteiger partial charge in [-0.05, 0) is 67.7 Å². The Hall–Kier alpha value is -2.53. The first-order chi connectivity index (χ1) is 17.8. The molecule has 0 spiro atoms. The molecular formula is C27H40BN5O4. The maximum atomic E-state index is 11.6. The number of nitrogens with one attached hydrogen (secondary N) is 1. The van der Waals surface area contributed by atoms with E-state index in [2.05, 4.69) is 15.1 Å². The largest absolute Gasteiger partial charge is 0.382 e. The number of benzene rings is 1. The first kappa shape index (κ1) is 29.0. The van der Waals surface area contributed by atoms with E-state index in [-0.39, 0.29) is 5.56 Å². The number of amides is 1. The number of hydrogen-bond donors (Lipinski definition) is 4. The highest BCUT2D eigenvalue weighted by molar-refractivity contribution is 6.14. The molecule has 9 nitrogen and oxygen atoms in total. The molecule has 1 aliphatic carbocycles. The topological polar surface area (TPSA) is 134 Å². The minimum atomic E-state index is -2.75. The molecule has 37 heavy (non-hydrogen) atoms. The van der Waals surface area contributed by atoms with Crippen LogP contribution in [0.3, 0.4) is 0 Å². The molecule has 1 saturated carbocycles. The third kappa shape index (κ3) is 9.07. The number of anilines is 1. The predicted molar refractivity (Wildman–Crippen MR) is 144 cm³/mol. The van der Waals surface area contributed by atoms with E-state index in [1.54, 1.807) is 24.3 Å². The molecule has 1 aromatic heterocycles. The van der Waals surface area contributed by atoms with Crippen LogP contribution in [0.2, 0.25) is 0 Å². The van der Waals surface area contributed by atoms with E-state index in [9.17, 15) is 4.79 Å². The summed E-state index contributed by atoms with van der Waals surface area (Å²) in [5.74, 6) is -0.104. The Balaban J connectivity index is 0.000000199. The molecule has 5 rings (SSSR count). The van der Waals surface area contributed by atoms with Gasteiger partial charge < -0.3 is 30.9 Å². The van der Waals surface area contributed by atoms with Crippen LogP contribution in [0.25, 0.3) is 11.3 Å². The van der Waals surface area contributed by atoms with Crippen molar-refractivity contribution >= 4 is 19.6 Å². The summed E-state index contributed by atoms with van der Waals surface area (Å²) in [7, 11) is 4.86. The molecule has 3 aliphatic rings. The van der Waals surface area contributed by atoms with Crippen LogP contribution in [0.5, 0.6) is 0 Å². The van der Waals surface area contributed by atoms with Crippen LogP contribution in [-0.4, -0.2) is 77.7 Å². The molecule has 2 atom stereocenters. The summed E-state index contributed by atoms with van der Waals surface area (Å²) in [6.07, 6.45) is 7.11. The van der Waals surface area contributed by atoms with Gasteiger partial charge in [-0.15, -0.1) is 10.2 Å². The quantitative estimate of drug-likeness (QED) is 0.357. The number of ether oxygens (including phenoxy) is 1. The summed E-state index contributed by atoms with van der Waals surface area (Å²) in [5, 5.41) is 27.2. The Morgan fingerprint density at radius 3 is 2.22 bits per heavy atom. The van der Waals surface area contributed by atoms with Gasteiger partial charge in [0.05, 0.1) is 5.69 Å². The molecule has 2 saturated heterocycles. The predicted octanol–water partition coefficient (Wildman–Crippen LogP) is 2.39. The molecule has 200 valence electrons. The number of likely N-dealkylation sites (tertiary alicyclic amines) is 1. The second-order valence-electron chi connectivity index (χ2n) is 9.83. The third-order valence-electron chi connectivity index (χ3n) is 7.08. The lowest BCUT2D eigenvalue weighted by Crippen LogP contribution is -2.48. The fraction of sp³-hybridized carbons (Fsp3) is 0.593. The van der Waals surface area contributed by atoms with Gasteiger partial charge in [0.15, 0.2) is 13.7 Å². The van der Waals surface area contributed by atoms with Crippen LogP contribution in [-0.2, 0) is 4.74 Å². The van der Waals surface area contributed by atoms with Crippen molar-refractivity contribution in [1.29, 1.82) is 0 Å². The summed E-state index contributed by atoms with van der Waals surface area (Å²) in [4.78, 5) is 14.3. The number of fused-ring (bicyclic) bond motifs is 1. The molecule has 2 aliphatic heterocycles. The smallest absolute Gasteiger partial charge is 0.254 e. The Bertz CT molecular complexity index is 950. The van der Waals surface area contributed by atoms with Crippen LogP contribution in [0, 0.1) is 17.8 Å². The van der Waals surface area contributed by atoms with Gasteiger partial charge in [0.25, 0.3) is 5.91 Å². The standard InChI is InChI=1S/C13H23NO.C12H11BN4O3.C2H6/c1-2-12-9-14(10-13(12)3-1)8-11-4-6-15-7-5-11;13-12(19,20)15-11(18)8-3-1-7(2-4-8)9-5-6-10(14)17-16-9;1-2/h11-13H,1-10H2;1-6,19-20H,(H2,14,17)(H,15,18);1-2H3. The molecule has 5 N–H and O–H groups in total.